The van der Waals surface area contributed by atoms with Gasteiger partial charge in [0.15, 0.2) is 0 Å². The van der Waals surface area contributed by atoms with E-state index < -0.39 is 11.7 Å². The molecule has 0 aliphatic rings. The molecule has 0 bridgehead atoms. The highest BCUT2D eigenvalue weighted by Crippen LogP contribution is 2.14. The first kappa shape index (κ1) is 16.4. The third-order valence-corrected chi connectivity index (χ3v) is 2.75. The molecule has 1 aromatic carbocycles. The molecule has 0 aliphatic carbocycles. The number of nitrogens with one attached hydrogen (secondary N) is 2. The van der Waals surface area contributed by atoms with Crippen molar-refractivity contribution in [3.8, 4) is 0 Å². The fraction of sp³-hybridized carbons (Fsp3) is 0.429. The van der Waals surface area contributed by atoms with E-state index in [1.807, 2.05) is 13.8 Å². The molecule has 2 N–H and O–H groups in total. The Hall–Kier alpha value is -1.62. The molecule has 4 nitrogen and oxygen atoms in total. The normalized spacial score (nSPS) is 10.4. The Kier molecular flexibility index (Phi) is 6.45. The summed E-state index contributed by atoms with van der Waals surface area (Å²) in [5, 5.41) is 5.50. The number of carbonyl (C=O) groups excluding carboxylic acids is 2. The summed E-state index contributed by atoms with van der Waals surface area (Å²) < 4.78 is 13.4. The Morgan fingerprint density at radius 2 is 2.00 bits per heavy atom. The van der Waals surface area contributed by atoms with Crippen molar-refractivity contribution in [1.29, 1.82) is 0 Å². The van der Waals surface area contributed by atoms with Gasteiger partial charge in [-0.25, -0.2) is 4.39 Å². The van der Waals surface area contributed by atoms with Crippen LogP contribution in [0.1, 0.15) is 30.6 Å². The largest absolute Gasteiger partial charge is 0.356 e. The van der Waals surface area contributed by atoms with Crippen molar-refractivity contribution in [3.63, 3.8) is 0 Å². The minimum atomic E-state index is -0.642. The number of carbonyl (C=O) groups is 2. The van der Waals surface area contributed by atoms with Gasteiger partial charge in [-0.1, -0.05) is 25.4 Å². The van der Waals surface area contributed by atoms with E-state index in [-0.39, 0.29) is 29.5 Å². The Morgan fingerprint density at radius 3 is 2.65 bits per heavy atom. The van der Waals surface area contributed by atoms with Gasteiger partial charge in [-0.2, -0.15) is 0 Å². The predicted molar refractivity (Wildman–Crippen MR) is 76.2 cm³/mol. The number of amides is 2. The molecule has 0 atom stereocenters. The van der Waals surface area contributed by atoms with E-state index in [4.69, 9.17) is 11.6 Å². The van der Waals surface area contributed by atoms with Gasteiger partial charge >= 0.3 is 0 Å². The van der Waals surface area contributed by atoms with Gasteiger partial charge in [0.25, 0.3) is 5.91 Å². The zero-order chi connectivity index (χ0) is 15.1. The lowest BCUT2D eigenvalue weighted by Gasteiger charge is -2.09. The van der Waals surface area contributed by atoms with Gasteiger partial charge in [0.1, 0.15) is 5.82 Å². The maximum absolute atomic E-state index is 13.4. The lowest BCUT2D eigenvalue weighted by atomic mass is 10.2. The van der Waals surface area contributed by atoms with E-state index in [1.165, 1.54) is 12.1 Å². The average molecular weight is 301 g/mol. The SMILES string of the molecule is CC(C)CNC(=O)CCNC(=O)c1cc(Cl)ccc1F. The quantitative estimate of drug-likeness (QED) is 0.847. The van der Waals surface area contributed by atoms with Crippen LogP contribution in [0.25, 0.3) is 0 Å². The first-order chi connectivity index (χ1) is 9.40. The summed E-state index contributed by atoms with van der Waals surface area (Å²) in [7, 11) is 0. The van der Waals surface area contributed by atoms with E-state index >= 15 is 0 Å². The minimum Gasteiger partial charge on any atom is -0.356 e. The molecule has 1 rings (SSSR count). The van der Waals surface area contributed by atoms with Gasteiger partial charge < -0.3 is 10.6 Å². The molecule has 0 aromatic heterocycles. The molecule has 1 aromatic rings. The summed E-state index contributed by atoms with van der Waals surface area (Å²) in [4.78, 5) is 23.2. The number of hydrogen-bond acceptors (Lipinski definition) is 2. The van der Waals surface area contributed by atoms with Gasteiger partial charge in [0.2, 0.25) is 5.91 Å². The van der Waals surface area contributed by atoms with Crippen LogP contribution in [0.2, 0.25) is 5.02 Å². The van der Waals surface area contributed by atoms with Crippen LogP contribution in [0.4, 0.5) is 4.39 Å². The maximum atomic E-state index is 13.4. The van der Waals surface area contributed by atoms with Crippen LogP contribution in [-0.4, -0.2) is 24.9 Å². The van der Waals surface area contributed by atoms with Crippen LogP contribution in [0, 0.1) is 11.7 Å². The second kappa shape index (κ2) is 7.85. The second-order valence-corrected chi connectivity index (χ2v) is 5.26. The number of halogens is 2. The summed E-state index contributed by atoms with van der Waals surface area (Å²) in [6.07, 6.45) is 0.153. The highest BCUT2D eigenvalue weighted by atomic mass is 35.5. The zero-order valence-corrected chi connectivity index (χ0v) is 12.3. The first-order valence-electron chi connectivity index (χ1n) is 6.40. The Morgan fingerprint density at radius 1 is 1.30 bits per heavy atom. The van der Waals surface area contributed by atoms with Crippen molar-refractivity contribution in [2.45, 2.75) is 20.3 Å². The van der Waals surface area contributed by atoms with Gasteiger partial charge in [-0.05, 0) is 24.1 Å². The van der Waals surface area contributed by atoms with Crippen LogP contribution in [-0.2, 0) is 4.79 Å². The average Bonchev–Trinajstić information content (AvgIpc) is 2.39. The minimum absolute atomic E-state index is 0.125. The van der Waals surface area contributed by atoms with E-state index in [2.05, 4.69) is 10.6 Å². The fourth-order valence-electron chi connectivity index (χ4n) is 1.46. The Labute approximate surface area is 122 Å². The molecule has 2 amide bonds. The zero-order valence-electron chi connectivity index (χ0n) is 11.5. The van der Waals surface area contributed by atoms with Crippen molar-refractivity contribution in [2.24, 2.45) is 5.92 Å². The van der Waals surface area contributed by atoms with E-state index in [1.54, 1.807) is 0 Å². The first-order valence-corrected chi connectivity index (χ1v) is 6.78. The highest BCUT2D eigenvalue weighted by molar-refractivity contribution is 6.31. The molecule has 0 heterocycles. The van der Waals surface area contributed by atoms with Gasteiger partial charge in [-0.3, -0.25) is 9.59 Å². The molecular weight excluding hydrogens is 283 g/mol. The van der Waals surface area contributed by atoms with E-state index in [0.29, 0.717) is 12.5 Å². The van der Waals surface area contributed by atoms with Crippen LogP contribution in [0.15, 0.2) is 18.2 Å². The summed E-state index contributed by atoms with van der Waals surface area (Å²) >= 11 is 5.71. The van der Waals surface area contributed by atoms with Crippen molar-refractivity contribution >= 4 is 23.4 Å². The van der Waals surface area contributed by atoms with E-state index in [9.17, 15) is 14.0 Å². The lowest BCUT2D eigenvalue weighted by molar-refractivity contribution is -0.121. The molecule has 0 saturated heterocycles. The predicted octanol–water partition coefficient (Wildman–Crippen LogP) is 2.37. The fourth-order valence-corrected chi connectivity index (χ4v) is 1.63. The third kappa shape index (κ3) is 5.57. The molecule has 0 fully saturated rings. The van der Waals surface area contributed by atoms with Crippen molar-refractivity contribution < 1.29 is 14.0 Å². The van der Waals surface area contributed by atoms with Crippen molar-refractivity contribution in [2.75, 3.05) is 13.1 Å². The van der Waals surface area contributed by atoms with Crippen LogP contribution < -0.4 is 10.6 Å². The molecule has 110 valence electrons. The number of rotatable bonds is 6. The molecule has 0 radical (unpaired) electrons. The van der Waals surface area contributed by atoms with Crippen molar-refractivity contribution in [3.05, 3.63) is 34.6 Å². The third-order valence-electron chi connectivity index (χ3n) is 2.52. The van der Waals surface area contributed by atoms with Crippen LogP contribution in [0.5, 0.6) is 0 Å². The lowest BCUT2D eigenvalue weighted by Crippen LogP contribution is -2.32. The number of benzene rings is 1. The van der Waals surface area contributed by atoms with Crippen molar-refractivity contribution in [1.82, 2.24) is 10.6 Å². The smallest absolute Gasteiger partial charge is 0.254 e. The summed E-state index contributed by atoms with van der Waals surface area (Å²) in [5.74, 6) is -1.00. The monoisotopic (exact) mass is 300 g/mol. The number of hydrogen-bond donors (Lipinski definition) is 2. The van der Waals surface area contributed by atoms with Gasteiger partial charge in [-0.15, -0.1) is 0 Å². The standard InChI is InChI=1S/C14H18ClFN2O2/c1-9(2)8-18-13(19)5-6-17-14(20)11-7-10(15)3-4-12(11)16/h3-4,7,9H,5-6,8H2,1-2H3,(H,17,20)(H,18,19). The molecule has 0 unspecified atom stereocenters. The van der Waals surface area contributed by atoms with E-state index in [0.717, 1.165) is 6.07 Å². The molecule has 0 saturated carbocycles. The molecule has 20 heavy (non-hydrogen) atoms. The van der Waals surface area contributed by atoms with Gasteiger partial charge in [0, 0.05) is 24.5 Å². The highest BCUT2D eigenvalue weighted by Gasteiger charge is 2.12. The molecule has 6 heteroatoms. The van der Waals surface area contributed by atoms with Crippen LogP contribution in [0.3, 0.4) is 0 Å². The summed E-state index contributed by atoms with van der Waals surface area (Å²) in [6.45, 7) is 4.72. The topological polar surface area (TPSA) is 58.2 Å². The molecule has 0 spiro atoms. The summed E-state index contributed by atoms with van der Waals surface area (Å²) in [5.41, 5.74) is -0.125. The second-order valence-electron chi connectivity index (χ2n) is 4.83. The molecular formula is C14H18ClFN2O2. The van der Waals surface area contributed by atoms with Gasteiger partial charge in [0.05, 0.1) is 5.56 Å². The summed E-state index contributed by atoms with van der Waals surface area (Å²) in [6, 6.07) is 3.75. The molecule has 0 aliphatic heterocycles. The van der Waals surface area contributed by atoms with Crippen LogP contribution >= 0.6 is 11.6 Å². The maximum Gasteiger partial charge on any atom is 0.254 e. The Bertz CT molecular complexity index is 492. The Balaban J connectivity index is 2.40.